The second-order valence-corrected chi connectivity index (χ2v) is 4.90. The van der Waals surface area contributed by atoms with Gasteiger partial charge < -0.3 is 11.1 Å². The van der Waals surface area contributed by atoms with E-state index < -0.39 is 5.54 Å². The van der Waals surface area contributed by atoms with E-state index in [2.05, 4.69) is 11.2 Å². The molecule has 0 saturated heterocycles. The molecule has 0 bridgehead atoms. The Morgan fingerprint density at radius 2 is 2.06 bits per heavy atom. The van der Waals surface area contributed by atoms with E-state index in [0.29, 0.717) is 5.69 Å². The third-order valence-corrected chi connectivity index (χ3v) is 3.49. The summed E-state index contributed by atoms with van der Waals surface area (Å²) in [4.78, 5) is 12.2. The minimum Gasteiger partial charge on any atom is -0.324 e. The Morgan fingerprint density at radius 3 is 2.72 bits per heavy atom. The molecule has 0 heterocycles. The van der Waals surface area contributed by atoms with Gasteiger partial charge in [-0.2, -0.15) is 0 Å². The van der Waals surface area contributed by atoms with E-state index in [1.165, 1.54) is 6.42 Å². The van der Waals surface area contributed by atoms with Gasteiger partial charge in [0, 0.05) is 11.3 Å². The van der Waals surface area contributed by atoms with Gasteiger partial charge in [-0.3, -0.25) is 4.79 Å². The predicted octanol–water partition coefficient (Wildman–Crippen LogP) is 2.27. The Bertz CT molecular complexity index is 482. The molecule has 1 aromatic rings. The van der Waals surface area contributed by atoms with Gasteiger partial charge >= 0.3 is 0 Å². The highest BCUT2D eigenvalue weighted by Crippen LogP contribution is 2.27. The smallest absolute Gasteiger partial charge is 0.244 e. The molecule has 18 heavy (non-hydrogen) atoms. The highest BCUT2D eigenvalue weighted by molar-refractivity contribution is 5.98. The van der Waals surface area contributed by atoms with Crippen molar-refractivity contribution in [3.05, 3.63) is 29.8 Å². The summed E-state index contributed by atoms with van der Waals surface area (Å²) in [5.41, 5.74) is 6.92. The summed E-state index contributed by atoms with van der Waals surface area (Å²) in [5.74, 6) is 2.45. The number of anilines is 1. The molecular weight excluding hydrogens is 224 g/mol. The molecule has 0 atom stereocenters. The molecule has 3 N–H and O–H groups in total. The van der Waals surface area contributed by atoms with Crippen molar-refractivity contribution < 1.29 is 4.79 Å². The number of nitrogens with one attached hydrogen (secondary N) is 1. The first kappa shape index (κ1) is 12.7. The van der Waals surface area contributed by atoms with Gasteiger partial charge in [0.25, 0.3) is 0 Å². The number of hydrogen-bond acceptors (Lipinski definition) is 2. The average molecular weight is 242 g/mol. The molecule has 0 radical (unpaired) electrons. The van der Waals surface area contributed by atoms with Crippen molar-refractivity contribution in [3.8, 4) is 12.3 Å². The first-order valence-corrected chi connectivity index (χ1v) is 6.31. The van der Waals surface area contributed by atoms with Crippen LogP contribution in [0.3, 0.4) is 0 Å². The maximum Gasteiger partial charge on any atom is 0.244 e. The zero-order valence-electron chi connectivity index (χ0n) is 10.4. The van der Waals surface area contributed by atoms with Crippen LogP contribution in [0.15, 0.2) is 24.3 Å². The molecule has 1 saturated carbocycles. The number of amides is 1. The van der Waals surface area contributed by atoms with E-state index in [1.807, 2.05) is 18.2 Å². The van der Waals surface area contributed by atoms with Crippen LogP contribution in [0.1, 0.15) is 37.7 Å². The molecular formula is C15H18N2O. The van der Waals surface area contributed by atoms with Gasteiger partial charge in [0.05, 0.1) is 5.54 Å². The van der Waals surface area contributed by atoms with Crippen LogP contribution in [0, 0.1) is 12.3 Å². The first-order chi connectivity index (χ1) is 8.64. The third kappa shape index (κ3) is 2.72. The number of benzene rings is 1. The highest BCUT2D eigenvalue weighted by Gasteiger charge is 2.35. The van der Waals surface area contributed by atoms with Crippen molar-refractivity contribution in [1.29, 1.82) is 0 Å². The largest absolute Gasteiger partial charge is 0.324 e. The topological polar surface area (TPSA) is 55.1 Å². The molecule has 0 spiro atoms. The lowest BCUT2D eigenvalue weighted by Gasteiger charge is -2.31. The van der Waals surface area contributed by atoms with Gasteiger partial charge in [-0.15, -0.1) is 6.42 Å². The maximum atomic E-state index is 12.2. The molecule has 1 aliphatic carbocycles. The molecule has 0 unspecified atom stereocenters. The summed E-state index contributed by atoms with van der Waals surface area (Å²) in [5, 5.41) is 2.87. The quantitative estimate of drug-likeness (QED) is 0.782. The molecule has 1 aromatic carbocycles. The van der Waals surface area contributed by atoms with E-state index >= 15 is 0 Å². The Hall–Kier alpha value is -1.79. The number of carbonyl (C=O) groups is 1. The number of nitrogens with two attached hydrogens (primary N) is 1. The van der Waals surface area contributed by atoms with Crippen LogP contribution in [-0.4, -0.2) is 11.4 Å². The second kappa shape index (κ2) is 5.24. The van der Waals surface area contributed by atoms with Crippen molar-refractivity contribution in [2.45, 2.75) is 37.6 Å². The average Bonchev–Trinajstić information content (AvgIpc) is 2.40. The fourth-order valence-corrected chi connectivity index (χ4v) is 2.35. The van der Waals surface area contributed by atoms with Crippen LogP contribution in [-0.2, 0) is 4.79 Å². The summed E-state index contributed by atoms with van der Waals surface area (Å²) in [6, 6.07) is 7.26. The summed E-state index contributed by atoms with van der Waals surface area (Å²) >= 11 is 0. The predicted molar refractivity (Wildman–Crippen MR) is 73.0 cm³/mol. The molecule has 1 fully saturated rings. The second-order valence-electron chi connectivity index (χ2n) is 4.90. The number of terminal acetylenes is 1. The Labute approximate surface area is 108 Å². The first-order valence-electron chi connectivity index (χ1n) is 6.31. The number of carbonyl (C=O) groups excluding carboxylic acids is 1. The fraction of sp³-hybridized carbons (Fsp3) is 0.400. The van der Waals surface area contributed by atoms with Gasteiger partial charge in [-0.05, 0) is 31.0 Å². The molecule has 94 valence electrons. The fourth-order valence-electron chi connectivity index (χ4n) is 2.35. The normalized spacial score (nSPS) is 17.8. The summed E-state index contributed by atoms with van der Waals surface area (Å²) in [6.45, 7) is 0. The van der Waals surface area contributed by atoms with Gasteiger partial charge in [0.15, 0.2) is 0 Å². The number of rotatable bonds is 2. The van der Waals surface area contributed by atoms with Crippen molar-refractivity contribution in [2.24, 2.45) is 5.73 Å². The van der Waals surface area contributed by atoms with E-state index in [1.54, 1.807) is 6.07 Å². The molecule has 2 rings (SSSR count). The summed E-state index contributed by atoms with van der Waals surface area (Å²) < 4.78 is 0. The van der Waals surface area contributed by atoms with Gasteiger partial charge in [-0.1, -0.05) is 31.2 Å². The molecule has 0 aromatic heterocycles. The summed E-state index contributed by atoms with van der Waals surface area (Å²) in [7, 11) is 0. The Morgan fingerprint density at radius 1 is 1.33 bits per heavy atom. The van der Waals surface area contributed by atoms with E-state index in [4.69, 9.17) is 12.2 Å². The van der Waals surface area contributed by atoms with Crippen molar-refractivity contribution in [1.82, 2.24) is 0 Å². The van der Waals surface area contributed by atoms with Crippen LogP contribution < -0.4 is 11.1 Å². The number of hydrogen-bond donors (Lipinski definition) is 2. The van der Waals surface area contributed by atoms with Crippen molar-refractivity contribution >= 4 is 11.6 Å². The van der Waals surface area contributed by atoms with Gasteiger partial charge in [0.1, 0.15) is 0 Å². The SMILES string of the molecule is C#Cc1cccc(NC(=O)C2(N)CCCCC2)c1. The lowest BCUT2D eigenvalue weighted by Crippen LogP contribution is -2.52. The van der Waals surface area contributed by atoms with Crippen LogP contribution in [0.25, 0.3) is 0 Å². The molecule has 1 amide bonds. The van der Waals surface area contributed by atoms with E-state index in [-0.39, 0.29) is 5.91 Å². The Balaban J connectivity index is 2.08. The van der Waals surface area contributed by atoms with Gasteiger partial charge in [0.2, 0.25) is 5.91 Å². The van der Waals surface area contributed by atoms with Crippen molar-refractivity contribution in [2.75, 3.05) is 5.32 Å². The Kier molecular flexibility index (Phi) is 3.69. The molecule has 0 aliphatic heterocycles. The molecule has 3 nitrogen and oxygen atoms in total. The lowest BCUT2D eigenvalue weighted by atomic mass is 9.82. The van der Waals surface area contributed by atoms with Crippen molar-refractivity contribution in [3.63, 3.8) is 0 Å². The van der Waals surface area contributed by atoms with E-state index in [0.717, 1.165) is 31.2 Å². The monoisotopic (exact) mass is 242 g/mol. The van der Waals surface area contributed by atoms with Crippen LogP contribution in [0.4, 0.5) is 5.69 Å². The van der Waals surface area contributed by atoms with Crippen LogP contribution in [0.2, 0.25) is 0 Å². The standard InChI is InChI=1S/C15H18N2O/c1-2-12-7-6-8-13(11-12)17-14(18)15(16)9-4-3-5-10-15/h1,6-8,11H,3-5,9-10,16H2,(H,17,18). The maximum absolute atomic E-state index is 12.2. The molecule has 3 heteroatoms. The zero-order valence-corrected chi connectivity index (χ0v) is 10.4. The van der Waals surface area contributed by atoms with Gasteiger partial charge in [-0.25, -0.2) is 0 Å². The lowest BCUT2D eigenvalue weighted by molar-refractivity contribution is -0.122. The minimum absolute atomic E-state index is 0.101. The summed E-state index contributed by atoms with van der Waals surface area (Å²) in [6.07, 6.45) is 10.1. The van der Waals surface area contributed by atoms with E-state index in [9.17, 15) is 4.79 Å². The zero-order chi connectivity index (χ0) is 13.0. The minimum atomic E-state index is -0.718. The highest BCUT2D eigenvalue weighted by atomic mass is 16.2. The van der Waals surface area contributed by atoms with Crippen LogP contribution >= 0.6 is 0 Å². The molecule has 1 aliphatic rings. The third-order valence-electron chi connectivity index (χ3n) is 3.49. The van der Waals surface area contributed by atoms with Crippen LogP contribution in [0.5, 0.6) is 0 Å².